The summed E-state index contributed by atoms with van der Waals surface area (Å²) in [6.07, 6.45) is 0.879. The highest BCUT2D eigenvalue weighted by atomic mass is 16.5. The standard InChI is InChI=1S/C15H19N3O2/c1-4-18-15(16)13(9-19)14(17-18)11-5-7-12(8-6-11)20-10(2)3/h5-10H,4,16H2,1-3H3. The van der Waals surface area contributed by atoms with E-state index in [1.54, 1.807) is 4.68 Å². The van der Waals surface area contributed by atoms with Crippen LogP contribution in [0.3, 0.4) is 0 Å². The molecular formula is C15H19N3O2. The monoisotopic (exact) mass is 273 g/mol. The summed E-state index contributed by atoms with van der Waals surface area (Å²) in [6.45, 7) is 6.51. The molecule has 0 saturated carbocycles. The van der Waals surface area contributed by atoms with E-state index in [4.69, 9.17) is 10.5 Å². The van der Waals surface area contributed by atoms with Gasteiger partial charge in [0.25, 0.3) is 0 Å². The average molecular weight is 273 g/mol. The van der Waals surface area contributed by atoms with E-state index < -0.39 is 0 Å². The van der Waals surface area contributed by atoms with Gasteiger partial charge in [-0.3, -0.25) is 4.79 Å². The predicted molar refractivity (Wildman–Crippen MR) is 78.9 cm³/mol. The molecule has 5 heteroatoms. The van der Waals surface area contributed by atoms with E-state index in [2.05, 4.69) is 5.10 Å². The van der Waals surface area contributed by atoms with Crippen LogP contribution >= 0.6 is 0 Å². The number of nitrogen functional groups attached to an aromatic ring is 1. The zero-order valence-electron chi connectivity index (χ0n) is 12.0. The van der Waals surface area contributed by atoms with Gasteiger partial charge in [0, 0.05) is 12.1 Å². The molecule has 0 fully saturated rings. The molecule has 0 radical (unpaired) electrons. The summed E-state index contributed by atoms with van der Waals surface area (Å²) in [5.74, 6) is 1.19. The number of hydrogen-bond donors (Lipinski definition) is 1. The van der Waals surface area contributed by atoms with Crippen molar-refractivity contribution in [3.05, 3.63) is 29.8 Å². The SMILES string of the molecule is CCn1nc(-c2ccc(OC(C)C)cc2)c(C=O)c1N. The van der Waals surface area contributed by atoms with Crippen LogP contribution in [-0.2, 0) is 6.54 Å². The lowest BCUT2D eigenvalue weighted by molar-refractivity contribution is 0.112. The Kier molecular flexibility index (Phi) is 4.08. The van der Waals surface area contributed by atoms with Crippen LogP contribution in [0, 0.1) is 0 Å². The highest BCUT2D eigenvalue weighted by Gasteiger charge is 2.15. The van der Waals surface area contributed by atoms with Crippen molar-refractivity contribution in [3.8, 4) is 17.0 Å². The Bertz CT molecular complexity index is 600. The van der Waals surface area contributed by atoms with Crippen molar-refractivity contribution >= 4 is 12.1 Å². The molecule has 0 aliphatic carbocycles. The van der Waals surface area contributed by atoms with Crippen LogP contribution in [-0.4, -0.2) is 22.2 Å². The summed E-state index contributed by atoms with van der Waals surface area (Å²) < 4.78 is 7.21. The Labute approximate surface area is 118 Å². The number of ether oxygens (including phenoxy) is 1. The average Bonchev–Trinajstić information content (AvgIpc) is 2.75. The number of aldehydes is 1. The molecule has 5 nitrogen and oxygen atoms in total. The number of aryl methyl sites for hydroxylation is 1. The first-order chi connectivity index (χ1) is 9.56. The molecule has 20 heavy (non-hydrogen) atoms. The molecule has 0 atom stereocenters. The van der Waals surface area contributed by atoms with Crippen LogP contribution in [0.15, 0.2) is 24.3 Å². The van der Waals surface area contributed by atoms with Crippen LogP contribution in [0.25, 0.3) is 11.3 Å². The van der Waals surface area contributed by atoms with Crippen LogP contribution in [0.4, 0.5) is 5.82 Å². The fraction of sp³-hybridized carbons (Fsp3) is 0.333. The maximum absolute atomic E-state index is 11.2. The lowest BCUT2D eigenvalue weighted by Crippen LogP contribution is -2.05. The number of rotatable bonds is 5. The van der Waals surface area contributed by atoms with E-state index in [-0.39, 0.29) is 6.10 Å². The van der Waals surface area contributed by atoms with Gasteiger partial charge in [-0.15, -0.1) is 0 Å². The summed E-state index contributed by atoms with van der Waals surface area (Å²) in [7, 11) is 0. The van der Waals surface area contributed by atoms with Crippen LogP contribution in [0.5, 0.6) is 5.75 Å². The maximum Gasteiger partial charge on any atom is 0.156 e. The van der Waals surface area contributed by atoms with Gasteiger partial charge >= 0.3 is 0 Å². The van der Waals surface area contributed by atoms with E-state index in [0.717, 1.165) is 17.6 Å². The molecule has 2 aromatic rings. The van der Waals surface area contributed by atoms with Crippen LogP contribution in [0.1, 0.15) is 31.1 Å². The molecule has 2 N–H and O–H groups in total. The molecule has 1 aromatic heterocycles. The summed E-state index contributed by atoms with van der Waals surface area (Å²) in [5.41, 5.74) is 7.79. The molecule has 0 saturated heterocycles. The molecular weight excluding hydrogens is 254 g/mol. The molecule has 1 aromatic carbocycles. The van der Waals surface area contributed by atoms with Crippen molar-refractivity contribution in [2.45, 2.75) is 33.4 Å². The second kappa shape index (κ2) is 5.77. The first kappa shape index (κ1) is 14.1. The summed E-state index contributed by atoms with van der Waals surface area (Å²) >= 11 is 0. The molecule has 2 rings (SSSR count). The number of carbonyl (C=O) groups excluding carboxylic acids is 1. The summed E-state index contributed by atoms with van der Waals surface area (Å²) in [4.78, 5) is 11.2. The normalized spacial score (nSPS) is 10.8. The molecule has 0 unspecified atom stereocenters. The van der Waals surface area contributed by atoms with E-state index in [9.17, 15) is 4.79 Å². The number of anilines is 1. The predicted octanol–water partition coefficient (Wildman–Crippen LogP) is 2.75. The molecule has 1 heterocycles. The van der Waals surface area contributed by atoms with Gasteiger partial charge in [0.1, 0.15) is 17.3 Å². The Morgan fingerprint density at radius 2 is 2.00 bits per heavy atom. The summed E-state index contributed by atoms with van der Waals surface area (Å²) in [5, 5.41) is 4.38. The van der Waals surface area contributed by atoms with Crippen molar-refractivity contribution in [2.24, 2.45) is 0 Å². The molecule has 0 aliphatic rings. The largest absolute Gasteiger partial charge is 0.491 e. The van der Waals surface area contributed by atoms with Gasteiger partial charge in [-0.1, -0.05) is 0 Å². The molecule has 106 valence electrons. The minimum atomic E-state index is 0.126. The highest BCUT2D eigenvalue weighted by molar-refractivity contribution is 5.91. The van der Waals surface area contributed by atoms with Gasteiger partial charge in [0.05, 0.1) is 11.7 Å². The second-order valence-electron chi connectivity index (χ2n) is 4.77. The summed E-state index contributed by atoms with van der Waals surface area (Å²) in [6, 6.07) is 7.50. The Balaban J connectivity index is 2.38. The lowest BCUT2D eigenvalue weighted by atomic mass is 10.1. The number of hydrogen-bond acceptors (Lipinski definition) is 4. The zero-order valence-corrected chi connectivity index (χ0v) is 12.0. The smallest absolute Gasteiger partial charge is 0.156 e. The van der Waals surface area contributed by atoms with Gasteiger partial charge in [0.15, 0.2) is 6.29 Å². The van der Waals surface area contributed by atoms with Gasteiger partial charge in [-0.2, -0.15) is 5.10 Å². The second-order valence-corrected chi connectivity index (χ2v) is 4.77. The number of nitrogens with zero attached hydrogens (tertiary/aromatic N) is 2. The fourth-order valence-corrected chi connectivity index (χ4v) is 2.02. The fourth-order valence-electron chi connectivity index (χ4n) is 2.02. The van der Waals surface area contributed by atoms with Crippen molar-refractivity contribution in [1.29, 1.82) is 0 Å². The lowest BCUT2D eigenvalue weighted by Gasteiger charge is -2.09. The van der Waals surface area contributed by atoms with Crippen molar-refractivity contribution in [1.82, 2.24) is 9.78 Å². The zero-order chi connectivity index (χ0) is 14.7. The van der Waals surface area contributed by atoms with Gasteiger partial charge in [-0.25, -0.2) is 4.68 Å². The Morgan fingerprint density at radius 1 is 1.35 bits per heavy atom. The number of aromatic nitrogens is 2. The Hall–Kier alpha value is -2.30. The minimum absolute atomic E-state index is 0.126. The van der Waals surface area contributed by atoms with E-state index in [1.165, 1.54) is 0 Å². The first-order valence-corrected chi connectivity index (χ1v) is 6.65. The number of nitrogens with two attached hydrogens (primary N) is 1. The third-order valence-corrected chi connectivity index (χ3v) is 2.95. The van der Waals surface area contributed by atoms with Gasteiger partial charge < -0.3 is 10.5 Å². The van der Waals surface area contributed by atoms with E-state index in [1.807, 2.05) is 45.0 Å². The third-order valence-electron chi connectivity index (χ3n) is 2.95. The van der Waals surface area contributed by atoms with Crippen LogP contribution < -0.4 is 10.5 Å². The molecule has 0 spiro atoms. The quantitative estimate of drug-likeness (QED) is 0.850. The highest BCUT2D eigenvalue weighted by Crippen LogP contribution is 2.27. The Morgan fingerprint density at radius 3 is 2.50 bits per heavy atom. The molecule has 0 amide bonds. The van der Waals surface area contributed by atoms with Crippen molar-refractivity contribution < 1.29 is 9.53 Å². The molecule has 0 aliphatic heterocycles. The van der Waals surface area contributed by atoms with Gasteiger partial charge in [0.2, 0.25) is 0 Å². The minimum Gasteiger partial charge on any atom is -0.491 e. The maximum atomic E-state index is 11.2. The third kappa shape index (κ3) is 2.66. The molecule has 0 bridgehead atoms. The van der Waals surface area contributed by atoms with Gasteiger partial charge in [-0.05, 0) is 45.0 Å². The van der Waals surface area contributed by atoms with E-state index >= 15 is 0 Å². The number of carbonyl (C=O) groups is 1. The van der Waals surface area contributed by atoms with Crippen molar-refractivity contribution in [2.75, 3.05) is 5.73 Å². The van der Waals surface area contributed by atoms with Crippen molar-refractivity contribution in [3.63, 3.8) is 0 Å². The topological polar surface area (TPSA) is 70.1 Å². The van der Waals surface area contributed by atoms with E-state index in [0.29, 0.717) is 23.6 Å². The number of benzene rings is 1. The first-order valence-electron chi connectivity index (χ1n) is 6.65. The van der Waals surface area contributed by atoms with Crippen LogP contribution in [0.2, 0.25) is 0 Å².